The minimum Gasteiger partial charge on any atom is -0.454 e. The summed E-state index contributed by atoms with van der Waals surface area (Å²) in [6.45, 7) is 2.19. The van der Waals surface area contributed by atoms with Crippen molar-refractivity contribution in [1.29, 1.82) is 0 Å². The smallest absolute Gasteiger partial charge is 0.328 e. The summed E-state index contributed by atoms with van der Waals surface area (Å²) >= 11 is 0. The highest BCUT2D eigenvalue weighted by atomic mass is 16.7. The molecule has 4 aliphatic rings. The van der Waals surface area contributed by atoms with Crippen LogP contribution in [0.4, 0.5) is 4.79 Å². The molecule has 0 saturated carbocycles. The van der Waals surface area contributed by atoms with Crippen LogP contribution in [-0.4, -0.2) is 53.7 Å². The zero-order valence-corrected chi connectivity index (χ0v) is 18.4. The first kappa shape index (κ1) is 20.9. The van der Waals surface area contributed by atoms with E-state index in [9.17, 15) is 19.2 Å². The number of piperidine rings is 1. The van der Waals surface area contributed by atoms with E-state index in [1.165, 1.54) is 0 Å². The molecule has 0 aliphatic carbocycles. The number of benzene rings is 1. The molecule has 1 unspecified atom stereocenters. The average Bonchev–Trinajstić information content (AvgIpc) is 3.26. The maximum atomic E-state index is 13.2. The molecule has 4 aliphatic heterocycles. The molecule has 2 N–H and O–H groups in total. The van der Waals surface area contributed by atoms with Gasteiger partial charge in [-0.1, -0.05) is 12.1 Å². The van der Waals surface area contributed by atoms with E-state index in [2.05, 4.69) is 15.5 Å². The number of aromatic nitrogens is 1. The second kappa shape index (κ2) is 7.69. The van der Waals surface area contributed by atoms with Crippen molar-refractivity contribution >= 4 is 17.8 Å². The van der Waals surface area contributed by atoms with Crippen molar-refractivity contribution in [1.82, 2.24) is 20.1 Å². The predicted octanol–water partition coefficient (Wildman–Crippen LogP) is 0.591. The first-order valence-electron chi connectivity index (χ1n) is 11.4. The summed E-state index contributed by atoms with van der Waals surface area (Å²) in [5, 5.41) is 4.60. The number of likely N-dealkylation sites (tertiary alicyclic amines) is 1. The largest absolute Gasteiger partial charge is 0.454 e. The van der Waals surface area contributed by atoms with Crippen LogP contribution in [0.15, 0.2) is 41.2 Å². The standard InChI is InChI=1S/C24H24N4O6/c29-20-3-1-2-17-16-6-15(10-28(17)20)9-27(11-16)12-24(21(30)25-23(32)26-22(24)31)8-14-4-5-18-19(7-14)34-13-33-18/h1-5,7,15-16H,6,8-13H2,(H2,25,26,30,31,32)/t15-,16?/m0/s1. The zero-order valence-electron chi connectivity index (χ0n) is 18.4. The topological polar surface area (TPSA) is 119 Å². The molecule has 2 fully saturated rings. The van der Waals surface area contributed by atoms with Crippen molar-refractivity contribution in [3.05, 3.63) is 58.0 Å². The third-order valence-electron chi connectivity index (χ3n) is 7.32. The SMILES string of the molecule is O=C1NC(=O)C(Cc2ccc3c(c2)OCO3)(CN2CC3C[C@@H](C2)Cn2c3cccc2=O)C(=O)N1. The summed E-state index contributed by atoms with van der Waals surface area (Å²) in [7, 11) is 0. The fraction of sp³-hybridized carbons (Fsp3) is 0.417. The molecule has 10 nitrogen and oxygen atoms in total. The molecule has 10 heteroatoms. The normalized spacial score (nSPS) is 24.9. The van der Waals surface area contributed by atoms with E-state index in [1.807, 2.05) is 10.6 Å². The number of urea groups is 1. The van der Waals surface area contributed by atoms with Gasteiger partial charge >= 0.3 is 6.03 Å². The number of nitrogens with one attached hydrogen (secondary N) is 2. The van der Waals surface area contributed by atoms with Crippen LogP contribution < -0.4 is 25.7 Å². The van der Waals surface area contributed by atoms with E-state index < -0.39 is 23.3 Å². The Hall–Kier alpha value is -3.66. The Kier molecular flexibility index (Phi) is 4.73. The fourth-order valence-corrected chi connectivity index (χ4v) is 5.85. The molecule has 1 aromatic heterocycles. The lowest BCUT2D eigenvalue weighted by atomic mass is 9.76. The maximum Gasteiger partial charge on any atom is 0.328 e. The first-order valence-corrected chi connectivity index (χ1v) is 11.4. The van der Waals surface area contributed by atoms with E-state index >= 15 is 0 Å². The lowest BCUT2D eigenvalue weighted by Crippen LogP contribution is -2.67. The van der Waals surface area contributed by atoms with Gasteiger partial charge in [0.25, 0.3) is 5.56 Å². The summed E-state index contributed by atoms with van der Waals surface area (Å²) < 4.78 is 12.7. The minimum atomic E-state index is -1.48. The van der Waals surface area contributed by atoms with Crippen LogP contribution in [-0.2, 0) is 22.6 Å². The number of amides is 4. The Labute approximate surface area is 194 Å². The molecule has 2 atom stereocenters. The summed E-state index contributed by atoms with van der Waals surface area (Å²) in [5.41, 5.74) is 0.248. The second-order valence-corrected chi connectivity index (χ2v) is 9.58. The van der Waals surface area contributed by atoms with Gasteiger partial charge in [-0.15, -0.1) is 0 Å². The van der Waals surface area contributed by atoms with Gasteiger partial charge in [0.05, 0.1) is 0 Å². The Morgan fingerprint density at radius 3 is 2.56 bits per heavy atom. The van der Waals surface area contributed by atoms with Crippen LogP contribution in [0.25, 0.3) is 0 Å². The number of carbonyl (C=O) groups excluding carboxylic acids is 3. The van der Waals surface area contributed by atoms with Gasteiger partial charge < -0.3 is 18.9 Å². The van der Waals surface area contributed by atoms with E-state index in [0.29, 0.717) is 31.1 Å². The fourth-order valence-electron chi connectivity index (χ4n) is 5.85. The lowest BCUT2D eigenvalue weighted by molar-refractivity contribution is -0.146. The van der Waals surface area contributed by atoms with Gasteiger partial charge in [-0.05, 0) is 42.5 Å². The van der Waals surface area contributed by atoms with Crippen LogP contribution in [0.3, 0.4) is 0 Å². The second-order valence-electron chi connectivity index (χ2n) is 9.58. The summed E-state index contributed by atoms with van der Waals surface area (Å²) in [4.78, 5) is 52.8. The summed E-state index contributed by atoms with van der Waals surface area (Å²) in [6.07, 6.45) is 1.07. The molecule has 6 rings (SSSR count). The molecule has 176 valence electrons. The van der Waals surface area contributed by atoms with Gasteiger partial charge in [0, 0.05) is 43.9 Å². The molecule has 2 saturated heterocycles. The van der Waals surface area contributed by atoms with Crippen molar-refractivity contribution in [2.75, 3.05) is 26.4 Å². The highest BCUT2D eigenvalue weighted by molar-refractivity contribution is 6.19. The molecule has 1 aromatic carbocycles. The number of barbiturate groups is 1. The number of hydrogen-bond acceptors (Lipinski definition) is 7. The van der Waals surface area contributed by atoms with E-state index in [1.54, 1.807) is 30.3 Å². The Morgan fingerprint density at radius 2 is 1.74 bits per heavy atom. The molecular weight excluding hydrogens is 440 g/mol. The van der Waals surface area contributed by atoms with E-state index in [0.717, 1.165) is 17.7 Å². The summed E-state index contributed by atoms with van der Waals surface area (Å²) in [5.74, 6) is 0.348. The van der Waals surface area contributed by atoms with Gasteiger partial charge in [-0.2, -0.15) is 0 Å². The molecule has 0 spiro atoms. The average molecular weight is 464 g/mol. The quantitative estimate of drug-likeness (QED) is 0.636. The number of carbonyl (C=O) groups is 3. The molecular formula is C24H24N4O6. The monoisotopic (exact) mass is 464 g/mol. The number of imide groups is 2. The molecule has 2 bridgehead atoms. The molecule has 0 radical (unpaired) electrons. The number of nitrogens with zero attached hydrogens (tertiary/aromatic N) is 2. The molecule has 2 aromatic rings. The molecule has 4 amide bonds. The number of pyridine rings is 1. The van der Waals surface area contributed by atoms with Gasteiger partial charge in [0.1, 0.15) is 5.41 Å². The highest BCUT2D eigenvalue weighted by Crippen LogP contribution is 2.39. The van der Waals surface area contributed by atoms with Crippen molar-refractivity contribution in [3.8, 4) is 11.5 Å². The first-order chi connectivity index (χ1) is 16.4. The number of hydrogen-bond donors (Lipinski definition) is 2. The number of ether oxygens (including phenoxy) is 2. The van der Waals surface area contributed by atoms with Crippen LogP contribution in [0.2, 0.25) is 0 Å². The zero-order chi connectivity index (χ0) is 23.4. The Morgan fingerprint density at radius 1 is 0.941 bits per heavy atom. The number of fused-ring (bicyclic) bond motifs is 5. The van der Waals surface area contributed by atoms with E-state index in [4.69, 9.17) is 9.47 Å². The summed E-state index contributed by atoms with van der Waals surface area (Å²) in [6, 6.07) is 9.87. The van der Waals surface area contributed by atoms with Crippen molar-refractivity contribution < 1.29 is 23.9 Å². The van der Waals surface area contributed by atoms with Gasteiger partial charge in [0.2, 0.25) is 18.6 Å². The Balaban J connectivity index is 1.31. The molecule has 5 heterocycles. The van der Waals surface area contributed by atoms with Crippen LogP contribution in [0, 0.1) is 11.3 Å². The van der Waals surface area contributed by atoms with Crippen LogP contribution >= 0.6 is 0 Å². The third-order valence-corrected chi connectivity index (χ3v) is 7.32. The third kappa shape index (κ3) is 3.37. The number of rotatable bonds is 4. The van der Waals surface area contributed by atoms with Crippen molar-refractivity contribution in [2.24, 2.45) is 11.3 Å². The Bertz CT molecular complexity index is 1250. The van der Waals surface area contributed by atoms with Gasteiger partial charge in [-0.3, -0.25) is 25.0 Å². The minimum absolute atomic E-state index is 0.00415. The van der Waals surface area contributed by atoms with Crippen molar-refractivity contribution in [3.63, 3.8) is 0 Å². The molecule has 34 heavy (non-hydrogen) atoms. The maximum absolute atomic E-state index is 13.2. The predicted molar refractivity (Wildman–Crippen MR) is 118 cm³/mol. The van der Waals surface area contributed by atoms with Gasteiger partial charge in [0.15, 0.2) is 11.5 Å². The van der Waals surface area contributed by atoms with E-state index in [-0.39, 0.29) is 37.2 Å². The lowest BCUT2D eigenvalue weighted by Gasteiger charge is -2.46. The van der Waals surface area contributed by atoms with Crippen LogP contribution in [0.1, 0.15) is 23.6 Å². The van der Waals surface area contributed by atoms with Gasteiger partial charge in [-0.25, -0.2) is 4.79 Å². The van der Waals surface area contributed by atoms with Crippen molar-refractivity contribution in [2.45, 2.75) is 25.3 Å². The highest BCUT2D eigenvalue weighted by Gasteiger charge is 2.52. The van der Waals surface area contributed by atoms with Crippen LogP contribution in [0.5, 0.6) is 11.5 Å².